The maximum Gasteiger partial charge on any atom is 0.115 e. The highest BCUT2D eigenvalue weighted by Gasteiger charge is 2.18. The number of aryl methyl sites for hydroxylation is 2. The molecule has 2 aromatic rings. The van der Waals surface area contributed by atoms with E-state index in [0.717, 1.165) is 30.8 Å². The van der Waals surface area contributed by atoms with Gasteiger partial charge in [-0.05, 0) is 35.3 Å². The molecule has 1 unspecified atom stereocenters. The van der Waals surface area contributed by atoms with E-state index in [4.69, 9.17) is 17.3 Å². The summed E-state index contributed by atoms with van der Waals surface area (Å²) in [5, 5.41) is 0.963. The minimum atomic E-state index is -0.173. The molecule has 0 saturated heterocycles. The minimum Gasteiger partial charge on any atom is -0.318 e. The highest BCUT2D eigenvalue weighted by atomic mass is 79.9. The van der Waals surface area contributed by atoms with Gasteiger partial charge in [0, 0.05) is 14.2 Å². The Kier molecular flexibility index (Phi) is 4.26. The van der Waals surface area contributed by atoms with Gasteiger partial charge in [0.05, 0.1) is 11.7 Å². The maximum absolute atomic E-state index is 6.21. The van der Waals surface area contributed by atoms with Gasteiger partial charge in [-0.25, -0.2) is 4.98 Å². The van der Waals surface area contributed by atoms with Gasteiger partial charge >= 0.3 is 0 Å². The van der Waals surface area contributed by atoms with E-state index in [0.29, 0.717) is 0 Å². The first-order valence-electron chi connectivity index (χ1n) is 5.19. The Bertz CT molecular complexity index is 516. The first-order valence-corrected chi connectivity index (χ1v) is 7.99. The predicted molar refractivity (Wildman–Crippen MR) is 79.3 cm³/mol. The number of hydrogen-bond donors (Lipinski definition) is 1. The summed E-state index contributed by atoms with van der Waals surface area (Å²) < 4.78 is 1.64. The largest absolute Gasteiger partial charge is 0.318 e. The molecule has 2 nitrogen and oxygen atoms in total. The SMILES string of the molecule is CCc1nc(C(N)c2cc(Br)c(Cl)s2)sc1C. The van der Waals surface area contributed by atoms with Crippen LogP contribution in [0.2, 0.25) is 4.34 Å². The fourth-order valence-electron chi connectivity index (χ4n) is 1.55. The molecule has 0 aliphatic carbocycles. The Hall–Kier alpha value is 0.0600. The lowest BCUT2D eigenvalue weighted by atomic mass is 10.2. The van der Waals surface area contributed by atoms with Crippen LogP contribution in [0, 0.1) is 6.92 Å². The summed E-state index contributed by atoms with van der Waals surface area (Å²) in [6.45, 7) is 4.19. The van der Waals surface area contributed by atoms with Crippen molar-refractivity contribution in [1.82, 2.24) is 4.98 Å². The Balaban J connectivity index is 2.32. The number of aromatic nitrogens is 1. The third-order valence-electron chi connectivity index (χ3n) is 2.48. The molecular weight excluding hydrogens is 340 g/mol. The smallest absolute Gasteiger partial charge is 0.115 e. The van der Waals surface area contributed by atoms with Crippen molar-refractivity contribution < 1.29 is 0 Å². The summed E-state index contributed by atoms with van der Waals surface area (Å²) in [5.41, 5.74) is 7.36. The normalized spacial score (nSPS) is 13.0. The van der Waals surface area contributed by atoms with E-state index >= 15 is 0 Å². The zero-order valence-corrected chi connectivity index (χ0v) is 13.4. The van der Waals surface area contributed by atoms with E-state index < -0.39 is 0 Å². The van der Waals surface area contributed by atoms with Crippen molar-refractivity contribution in [1.29, 1.82) is 0 Å². The Morgan fingerprint density at radius 1 is 1.53 bits per heavy atom. The van der Waals surface area contributed by atoms with Gasteiger partial charge in [0.2, 0.25) is 0 Å². The average molecular weight is 352 g/mol. The lowest BCUT2D eigenvalue weighted by Gasteiger charge is -2.04. The molecule has 0 spiro atoms. The van der Waals surface area contributed by atoms with E-state index in [1.165, 1.54) is 16.2 Å². The fraction of sp³-hybridized carbons (Fsp3) is 0.364. The van der Waals surface area contributed by atoms with Crippen molar-refractivity contribution >= 4 is 50.2 Å². The van der Waals surface area contributed by atoms with E-state index in [1.807, 2.05) is 6.07 Å². The summed E-state index contributed by atoms with van der Waals surface area (Å²) in [6.07, 6.45) is 0.948. The van der Waals surface area contributed by atoms with Gasteiger partial charge in [-0.2, -0.15) is 0 Å². The first-order chi connectivity index (χ1) is 8.02. The number of halogens is 2. The number of thiophene rings is 1. The highest BCUT2D eigenvalue weighted by molar-refractivity contribution is 9.10. The summed E-state index contributed by atoms with van der Waals surface area (Å²) in [4.78, 5) is 6.88. The summed E-state index contributed by atoms with van der Waals surface area (Å²) in [5.74, 6) is 0. The third-order valence-corrected chi connectivity index (χ3v) is 6.13. The van der Waals surface area contributed by atoms with Crippen LogP contribution < -0.4 is 5.73 Å². The zero-order chi connectivity index (χ0) is 12.6. The second kappa shape index (κ2) is 5.36. The second-order valence-corrected chi connectivity index (χ2v) is 7.43. The molecule has 1 atom stereocenters. The summed E-state index contributed by atoms with van der Waals surface area (Å²) in [6, 6.07) is 1.80. The maximum atomic E-state index is 6.21. The van der Waals surface area contributed by atoms with Crippen molar-refractivity contribution in [3.8, 4) is 0 Å². The van der Waals surface area contributed by atoms with Crippen LogP contribution >= 0.6 is 50.2 Å². The molecule has 0 radical (unpaired) electrons. The van der Waals surface area contributed by atoms with Crippen molar-refractivity contribution in [3.63, 3.8) is 0 Å². The van der Waals surface area contributed by atoms with Gasteiger partial charge in [-0.15, -0.1) is 22.7 Å². The van der Waals surface area contributed by atoms with Crippen LogP contribution in [0.25, 0.3) is 0 Å². The van der Waals surface area contributed by atoms with Crippen molar-refractivity contribution in [3.05, 3.63) is 35.3 Å². The van der Waals surface area contributed by atoms with E-state index in [9.17, 15) is 0 Å². The van der Waals surface area contributed by atoms with Crippen LogP contribution in [0.5, 0.6) is 0 Å². The molecule has 0 fully saturated rings. The molecule has 0 amide bonds. The summed E-state index contributed by atoms with van der Waals surface area (Å²) in [7, 11) is 0. The van der Waals surface area contributed by atoms with Crippen LogP contribution in [0.3, 0.4) is 0 Å². The number of nitrogens with two attached hydrogens (primary N) is 1. The standard InChI is InChI=1S/C11H12BrClN2S2/c1-3-7-5(2)16-11(15-7)9(14)8-4-6(12)10(13)17-8/h4,9H,3,14H2,1-2H3. The van der Waals surface area contributed by atoms with E-state index in [2.05, 4.69) is 34.8 Å². The van der Waals surface area contributed by atoms with Crippen LogP contribution in [-0.4, -0.2) is 4.98 Å². The van der Waals surface area contributed by atoms with Crippen molar-refractivity contribution in [2.75, 3.05) is 0 Å². The fourth-order valence-corrected chi connectivity index (χ4v) is 4.40. The van der Waals surface area contributed by atoms with E-state index in [-0.39, 0.29) is 6.04 Å². The topological polar surface area (TPSA) is 38.9 Å². The van der Waals surface area contributed by atoms with Crippen molar-refractivity contribution in [2.45, 2.75) is 26.3 Å². The third kappa shape index (κ3) is 2.74. The zero-order valence-electron chi connectivity index (χ0n) is 9.46. The van der Waals surface area contributed by atoms with Gasteiger partial charge in [0.15, 0.2) is 0 Å². The Morgan fingerprint density at radius 3 is 2.71 bits per heavy atom. The van der Waals surface area contributed by atoms with Gasteiger partial charge in [0.1, 0.15) is 9.34 Å². The lowest BCUT2D eigenvalue weighted by Crippen LogP contribution is -2.09. The number of thiazole rings is 1. The number of nitrogens with zero attached hydrogens (tertiary/aromatic N) is 1. The number of hydrogen-bond acceptors (Lipinski definition) is 4. The van der Waals surface area contributed by atoms with E-state index in [1.54, 1.807) is 11.3 Å². The van der Waals surface area contributed by atoms with Crippen LogP contribution in [0.4, 0.5) is 0 Å². The molecule has 2 aromatic heterocycles. The van der Waals surface area contributed by atoms with Gasteiger partial charge < -0.3 is 5.73 Å². The molecule has 17 heavy (non-hydrogen) atoms. The van der Waals surface area contributed by atoms with Crippen LogP contribution in [0.15, 0.2) is 10.5 Å². The van der Waals surface area contributed by atoms with Gasteiger partial charge in [0.25, 0.3) is 0 Å². The van der Waals surface area contributed by atoms with Crippen molar-refractivity contribution in [2.24, 2.45) is 5.73 Å². The Labute approximate surface area is 122 Å². The molecule has 0 aromatic carbocycles. The number of rotatable bonds is 3. The molecule has 92 valence electrons. The lowest BCUT2D eigenvalue weighted by molar-refractivity contribution is 0.861. The monoisotopic (exact) mass is 350 g/mol. The molecule has 0 saturated carbocycles. The predicted octanol–water partition coefficient (Wildman–Crippen LogP) is 4.54. The molecule has 0 bridgehead atoms. The second-order valence-electron chi connectivity index (χ2n) is 3.66. The molecule has 2 heterocycles. The highest BCUT2D eigenvalue weighted by Crippen LogP contribution is 2.37. The Morgan fingerprint density at radius 2 is 2.24 bits per heavy atom. The molecule has 2 rings (SSSR count). The molecular formula is C11H12BrClN2S2. The van der Waals surface area contributed by atoms with Crippen LogP contribution in [0.1, 0.15) is 33.4 Å². The van der Waals surface area contributed by atoms with Gasteiger partial charge in [-0.1, -0.05) is 18.5 Å². The van der Waals surface area contributed by atoms with Gasteiger partial charge in [-0.3, -0.25) is 0 Å². The quantitative estimate of drug-likeness (QED) is 0.881. The minimum absolute atomic E-state index is 0.173. The first kappa shape index (κ1) is 13.5. The van der Waals surface area contributed by atoms with Crippen LogP contribution in [-0.2, 0) is 6.42 Å². The molecule has 6 heteroatoms. The average Bonchev–Trinajstić information content (AvgIpc) is 2.82. The molecule has 0 aliphatic rings. The summed E-state index contributed by atoms with van der Waals surface area (Å²) >= 11 is 12.6. The molecule has 0 aliphatic heterocycles. The molecule has 2 N–H and O–H groups in total.